The van der Waals surface area contributed by atoms with E-state index in [9.17, 15) is 13.6 Å². The van der Waals surface area contributed by atoms with E-state index in [0.29, 0.717) is 12.3 Å². The number of aliphatic hydroxyl groups excluding tert-OH is 1. The van der Waals surface area contributed by atoms with Crippen molar-refractivity contribution in [1.82, 2.24) is 14.7 Å². The molecule has 0 saturated heterocycles. The summed E-state index contributed by atoms with van der Waals surface area (Å²) in [5, 5.41) is 12.8. The molecule has 2 aromatic heterocycles. The van der Waals surface area contributed by atoms with E-state index in [4.69, 9.17) is 9.52 Å². The van der Waals surface area contributed by atoms with Gasteiger partial charge >= 0.3 is 0 Å². The van der Waals surface area contributed by atoms with Crippen molar-refractivity contribution in [3.8, 4) is 0 Å². The molecule has 0 spiro atoms. The summed E-state index contributed by atoms with van der Waals surface area (Å²) < 4.78 is 31.8. The van der Waals surface area contributed by atoms with Crippen LogP contribution in [-0.4, -0.2) is 51.8 Å². The molecule has 0 aliphatic heterocycles. The third kappa shape index (κ3) is 4.12. The Bertz CT molecular complexity index is 569. The summed E-state index contributed by atoms with van der Waals surface area (Å²) in [4.78, 5) is 12.9. The molecule has 1 N–H and O–H groups in total. The number of hydrogen-bond acceptors (Lipinski definition) is 4. The first-order chi connectivity index (χ1) is 10.1. The molecule has 1 amide bonds. The first-order valence-corrected chi connectivity index (χ1v) is 6.34. The second-order valence-electron chi connectivity index (χ2n) is 4.34. The molecular formula is C13H15F2N3O3. The number of rotatable bonds is 7. The lowest BCUT2D eigenvalue weighted by atomic mass is 10.3. The van der Waals surface area contributed by atoms with E-state index < -0.39 is 18.9 Å². The summed E-state index contributed by atoms with van der Waals surface area (Å²) in [7, 11) is 0. The van der Waals surface area contributed by atoms with Crippen molar-refractivity contribution in [1.29, 1.82) is 0 Å². The smallest absolute Gasteiger partial charge is 0.289 e. The molecule has 114 valence electrons. The first kappa shape index (κ1) is 15.2. The average molecular weight is 299 g/mol. The van der Waals surface area contributed by atoms with Crippen molar-refractivity contribution < 1.29 is 23.1 Å². The lowest BCUT2D eigenvalue weighted by Crippen LogP contribution is -2.37. The predicted octanol–water partition coefficient (Wildman–Crippen LogP) is 1.22. The van der Waals surface area contributed by atoms with Crippen LogP contribution in [0.15, 0.2) is 35.0 Å². The zero-order chi connectivity index (χ0) is 15.2. The zero-order valence-corrected chi connectivity index (χ0v) is 11.2. The molecule has 0 aromatic carbocycles. The van der Waals surface area contributed by atoms with Gasteiger partial charge in [0.05, 0.1) is 19.7 Å². The van der Waals surface area contributed by atoms with Crippen LogP contribution in [0.25, 0.3) is 0 Å². The number of aliphatic hydroxyl groups is 1. The number of alkyl halides is 2. The molecule has 2 aromatic rings. The molecule has 0 saturated carbocycles. The summed E-state index contributed by atoms with van der Waals surface area (Å²) in [6.07, 6.45) is 0.679. The highest BCUT2D eigenvalue weighted by Gasteiger charge is 2.22. The predicted molar refractivity (Wildman–Crippen MR) is 69.0 cm³/mol. The molecule has 6 nitrogen and oxygen atoms in total. The highest BCUT2D eigenvalue weighted by molar-refractivity contribution is 5.91. The van der Waals surface area contributed by atoms with E-state index in [2.05, 4.69) is 5.10 Å². The molecule has 8 heteroatoms. The monoisotopic (exact) mass is 299 g/mol. The Morgan fingerprint density at radius 2 is 2.29 bits per heavy atom. The van der Waals surface area contributed by atoms with Crippen molar-refractivity contribution in [2.24, 2.45) is 0 Å². The Morgan fingerprint density at radius 3 is 2.90 bits per heavy atom. The SMILES string of the molecule is O=C(c1ccc(Cn2cccn2)o1)N(CCO)CC(F)F. The quantitative estimate of drug-likeness (QED) is 0.834. The minimum absolute atomic E-state index is 0.0359. The fourth-order valence-corrected chi connectivity index (χ4v) is 1.85. The molecule has 21 heavy (non-hydrogen) atoms. The van der Waals surface area contributed by atoms with Crippen LogP contribution in [0.5, 0.6) is 0 Å². The fourth-order valence-electron chi connectivity index (χ4n) is 1.85. The molecule has 0 aliphatic carbocycles. The van der Waals surface area contributed by atoms with Gasteiger partial charge in [-0.05, 0) is 18.2 Å². The number of carbonyl (C=O) groups excluding carboxylic acids is 1. The average Bonchev–Trinajstić information content (AvgIpc) is 3.09. The fraction of sp³-hybridized carbons (Fsp3) is 0.385. The molecule has 0 unspecified atom stereocenters. The highest BCUT2D eigenvalue weighted by atomic mass is 19.3. The topological polar surface area (TPSA) is 71.5 Å². The van der Waals surface area contributed by atoms with Crippen LogP contribution in [0.3, 0.4) is 0 Å². The summed E-state index contributed by atoms with van der Waals surface area (Å²) in [5.74, 6) is -0.217. The van der Waals surface area contributed by atoms with E-state index >= 15 is 0 Å². The Hall–Kier alpha value is -2.22. The third-order valence-electron chi connectivity index (χ3n) is 2.76. The summed E-state index contributed by atoms with van der Waals surface area (Å²) in [5.41, 5.74) is 0. The summed E-state index contributed by atoms with van der Waals surface area (Å²) >= 11 is 0. The Labute approximate surface area is 119 Å². The van der Waals surface area contributed by atoms with E-state index in [1.165, 1.54) is 6.07 Å². The second-order valence-corrected chi connectivity index (χ2v) is 4.34. The molecule has 0 atom stereocenters. The van der Waals surface area contributed by atoms with Gasteiger partial charge in [-0.15, -0.1) is 0 Å². The van der Waals surface area contributed by atoms with Crippen LogP contribution in [0.1, 0.15) is 16.3 Å². The maximum Gasteiger partial charge on any atom is 0.289 e. The molecule has 0 bridgehead atoms. The van der Waals surface area contributed by atoms with Crippen LogP contribution in [-0.2, 0) is 6.54 Å². The van der Waals surface area contributed by atoms with Gasteiger partial charge in [0.1, 0.15) is 5.76 Å². The van der Waals surface area contributed by atoms with Crippen LogP contribution in [0, 0.1) is 0 Å². The van der Waals surface area contributed by atoms with E-state index in [1.54, 1.807) is 29.2 Å². The molecule has 0 fully saturated rings. The van der Waals surface area contributed by atoms with Gasteiger partial charge in [-0.1, -0.05) is 0 Å². The largest absolute Gasteiger partial charge is 0.454 e. The number of carbonyl (C=O) groups is 1. The van der Waals surface area contributed by atoms with Crippen LogP contribution < -0.4 is 0 Å². The number of hydrogen-bond donors (Lipinski definition) is 1. The van der Waals surface area contributed by atoms with Gasteiger partial charge in [0.25, 0.3) is 12.3 Å². The highest BCUT2D eigenvalue weighted by Crippen LogP contribution is 2.13. The molecule has 2 rings (SSSR count). The number of nitrogens with zero attached hydrogens (tertiary/aromatic N) is 3. The molecule has 0 radical (unpaired) electrons. The Morgan fingerprint density at radius 1 is 1.48 bits per heavy atom. The Balaban J connectivity index is 2.05. The van der Waals surface area contributed by atoms with E-state index in [-0.39, 0.29) is 18.9 Å². The number of amides is 1. The summed E-state index contributed by atoms with van der Waals surface area (Å²) in [6, 6.07) is 4.77. The van der Waals surface area contributed by atoms with Crippen molar-refractivity contribution in [2.45, 2.75) is 13.0 Å². The van der Waals surface area contributed by atoms with Gasteiger partial charge in [-0.3, -0.25) is 9.48 Å². The maximum atomic E-state index is 12.4. The van der Waals surface area contributed by atoms with E-state index in [1.807, 2.05) is 0 Å². The van der Waals surface area contributed by atoms with Gasteiger partial charge in [0.2, 0.25) is 0 Å². The summed E-state index contributed by atoms with van der Waals surface area (Å²) in [6.45, 7) is -0.957. The lowest BCUT2D eigenvalue weighted by Gasteiger charge is -2.19. The van der Waals surface area contributed by atoms with Crippen molar-refractivity contribution in [3.05, 3.63) is 42.1 Å². The van der Waals surface area contributed by atoms with Crippen molar-refractivity contribution in [2.75, 3.05) is 19.7 Å². The van der Waals surface area contributed by atoms with E-state index in [0.717, 1.165) is 4.90 Å². The molecular weight excluding hydrogens is 284 g/mol. The van der Waals surface area contributed by atoms with Crippen LogP contribution in [0.2, 0.25) is 0 Å². The van der Waals surface area contributed by atoms with Crippen molar-refractivity contribution >= 4 is 5.91 Å². The zero-order valence-electron chi connectivity index (χ0n) is 11.2. The van der Waals surface area contributed by atoms with Gasteiger partial charge < -0.3 is 14.4 Å². The minimum Gasteiger partial charge on any atom is -0.454 e. The molecule has 2 heterocycles. The third-order valence-corrected chi connectivity index (χ3v) is 2.76. The Kier molecular flexibility index (Phi) is 5.04. The van der Waals surface area contributed by atoms with Gasteiger partial charge in [0.15, 0.2) is 5.76 Å². The number of halogens is 2. The van der Waals surface area contributed by atoms with Gasteiger partial charge in [-0.2, -0.15) is 5.10 Å². The van der Waals surface area contributed by atoms with Crippen molar-refractivity contribution in [3.63, 3.8) is 0 Å². The number of furan rings is 1. The maximum absolute atomic E-state index is 12.4. The first-order valence-electron chi connectivity index (χ1n) is 6.34. The lowest BCUT2D eigenvalue weighted by molar-refractivity contribution is 0.0482. The second kappa shape index (κ2) is 6.98. The van der Waals surface area contributed by atoms with Crippen LogP contribution in [0.4, 0.5) is 8.78 Å². The van der Waals surface area contributed by atoms with Gasteiger partial charge in [-0.25, -0.2) is 8.78 Å². The van der Waals surface area contributed by atoms with Crippen LogP contribution >= 0.6 is 0 Å². The molecule has 0 aliphatic rings. The van der Waals surface area contributed by atoms with Gasteiger partial charge in [0, 0.05) is 18.9 Å². The number of aromatic nitrogens is 2. The minimum atomic E-state index is -2.67. The standard InChI is InChI=1S/C13H15F2N3O3/c14-12(15)9-17(6-7-19)13(20)11-3-2-10(21-11)8-18-5-1-4-16-18/h1-5,12,19H,6-9H2. The normalized spacial score (nSPS) is 11.0.